The van der Waals surface area contributed by atoms with Gasteiger partial charge >= 0.3 is 0 Å². The molecule has 3 saturated heterocycles. The molecule has 0 bridgehead atoms. The van der Waals surface area contributed by atoms with Gasteiger partial charge in [-0.05, 0) is 19.8 Å². The van der Waals surface area contributed by atoms with E-state index in [0.717, 1.165) is 32.6 Å². The number of hydrogen-bond donors (Lipinski definition) is 0. The average molecular weight is 298 g/mol. The summed E-state index contributed by atoms with van der Waals surface area (Å²) in [6.07, 6.45) is 2.11. The molecule has 1 amide bonds. The SMILES string of the molecule is CC1(C(=O)N2CCOCC2)CN(C2CCOCC2)CCO1. The number of amides is 1. The zero-order chi connectivity index (χ0) is 14.7. The van der Waals surface area contributed by atoms with E-state index in [1.165, 1.54) is 0 Å². The minimum atomic E-state index is -0.714. The lowest BCUT2D eigenvalue weighted by Gasteiger charge is -2.45. The van der Waals surface area contributed by atoms with Gasteiger partial charge in [0.1, 0.15) is 0 Å². The summed E-state index contributed by atoms with van der Waals surface area (Å²) in [7, 11) is 0. The van der Waals surface area contributed by atoms with E-state index in [2.05, 4.69) is 4.90 Å². The molecule has 21 heavy (non-hydrogen) atoms. The highest BCUT2D eigenvalue weighted by atomic mass is 16.5. The standard InChI is InChI=1S/C15H26N2O4/c1-15(14(18)16-4-9-20-10-5-16)12-17(6-11-21-15)13-2-7-19-8-3-13/h13H,2-12H2,1H3. The van der Waals surface area contributed by atoms with E-state index in [4.69, 9.17) is 14.2 Å². The number of hydrogen-bond acceptors (Lipinski definition) is 5. The largest absolute Gasteiger partial charge is 0.381 e. The van der Waals surface area contributed by atoms with E-state index < -0.39 is 5.60 Å². The van der Waals surface area contributed by atoms with E-state index in [0.29, 0.717) is 45.5 Å². The zero-order valence-electron chi connectivity index (χ0n) is 12.9. The molecule has 120 valence electrons. The summed E-state index contributed by atoms with van der Waals surface area (Å²) in [6, 6.07) is 0.527. The van der Waals surface area contributed by atoms with E-state index in [1.807, 2.05) is 11.8 Å². The quantitative estimate of drug-likeness (QED) is 0.724. The van der Waals surface area contributed by atoms with Gasteiger partial charge in [0.25, 0.3) is 5.91 Å². The van der Waals surface area contributed by atoms with Gasteiger partial charge < -0.3 is 19.1 Å². The van der Waals surface area contributed by atoms with Crippen LogP contribution in [0.25, 0.3) is 0 Å². The van der Waals surface area contributed by atoms with Gasteiger partial charge in [-0.15, -0.1) is 0 Å². The van der Waals surface area contributed by atoms with Gasteiger partial charge in [-0.1, -0.05) is 0 Å². The summed E-state index contributed by atoms with van der Waals surface area (Å²) in [6.45, 7) is 8.44. The molecule has 0 aromatic carbocycles. The van der Waals surface area contributed by atoms with Crippen molar-refractivity contribution in [2.24, 2.45) is 0 Å². The van der Waals surface area contributed by atoms with Crippen molar-refractivity contribution in [1.29, 1.82) is 0 Å². The maximum atomic E-state index is 12.8. The Bertz CT molecular complexity index is 367. The van der Waals surface area contributed by atoms with Crippen LogP contribution in [0.3, 0.4) is 0 Å². The Morgan fingerprint density at radius 2 is 1.67 bits per heavy atom. The average Bonchev–Trinajstić information content (AvgIpc) is 2.56. The second-order valence-corrected chi connectivity index (χ2v) is 6.30. The molecule has 0 aliphatic carbocycles. The number of carbonyl (C=O) groups excluding carboxylic acids is 1. The molecule has 3 heterocycles. The fourth-order valence-electron chi connectivity index (χ4n) is 3.49. The third-order valence-electron chi connectivity index (χ3n) is 4.76. The predicted molar refractivity (Wildman–Crippen MR) is 77.2 cm³/mol. The summed E-state index contributed by atoms with van der Waals surface area (Å²) >= 11 is 0. The number of morpholine rings is 2. The highest BCUT2D eigenvalue weighted by molar-refractivity contribution is 5.85. The van der Waals surface area contributed by atoms with Crippen molar-refractivity contribution in [2.75, 3.05) is 59.2 Å². The fraction of sp³-hybridized carbons (Fsp3) is 0.933. The monoisotopic (exact) mass is 298 g/mol. The van der Waals surface area contributed by atoms with Crippen LogP contribution in [-0.2, 0) is 19.0 Å². The molecule has 0 saturated carbocycles. The smallest absolute Gasteiger partial charge is 0.256 e. The van der Waals surface area contributed by atoms with Crippen molar-refractivity contribution < 1.29 is 19.0 Å². The van der Waals surface area contributed by atoms with Gasteiger partial charge in [-0.2, -0.15) is 0 Å². The number of nitrogens with zero attached hydrogens (tertiary/aromatic N) is 2. The second kappa shape index (κ2) is 6.60. The van der Waals surface area contributed by atoms with Crippen molar-refractivity contribution in [1.82, 2.24) is 9.80 Å². The Labute approximate surface area is 126 Å². The Hall–Kier alpha value is -0.690. The van der Waals surface area contributed by atoms with Gasteiger partial charge in [-0.3, -0.25) is 9.69 Å². The molecule has 6 heteroatoms. The van der Waals surface area contributed by atoms with Crippen molar-refractivity contribution in [3.8, 4) is 0 Å². The van der Waals surface area contributed by atoms with Gasteiger partial charge in [0, 0.05) is 45.4 Å². The third kappa shape index (κ3) is 3.39. The van der Waals surface area contributed by atoms with Crippen LogP contribution in [0.5, 0.6) is 0 Å². The molecule has 0 aromatic heterocycles. The topological polar surface area (TPSA) is 51.2 Å². The highest BCUT2D eigenvalue weighted by Gasteiger charge is 2.43. The Morgan fingerprint density at radius 1 is 1.00 bits per heavy atom. The highest BCUT2D eigenvalue weighted by Crippen LogP contribution is 2.25. The first-order valence-corrected chi connectivity index (χ1v) is 8.02. The van der Waals surface area contributed by atoms with Crippen molar-refractivity contribution >= 4 is 5.91 Å². The summed E-state index contributed by atoms with van der Waals surface area (Å²) in [5.41, 5.74) is -0.714. The van der Waals surface area contributed by atoms with E-state index >= 15 is 0 Å². The molecular formula is C15H26N2O4. The molecule has 0 spiro atoms. The lowest BCUT2D eigenvalue weighted by atomic mass is 9.98. The first-order chi connectivity index (χ1) is 10.2. The predicted octanol–water partition coefficient (Wildman–Crippen LogP) is 0.115. The van der Waals surface area contributed by atoms with E-state index in [9.17, 15) is 4.79 Å². The Kier molecular flexibility index (Phi) is 4.78. The fourth-order valence-corrected chi connectivity index (χ4v) is 3.49. The lowest BCUT2D eigenvalue weighted by molar-refractivity contribution is -0.174. The number of rotatable bonds is 2. The van der Waals surface area contributed by atoms with E-state index in [-0.39, 0.29) is 5.91 Å². The van der Waals surface area contributed by atoms with Crippen LogP contribution in [0.1, 0.15) is 19.8 Å². The molecule has 1 atom stereocenters. The van der Waals surface area contributed by atoms with Crippen molar-refractivity contribution in [3.05, 3.63) is 0 Å². The van der Waals surface area contributed by atoms with Crippen LogP contribution < -0.4 is 0 Å². The molecule has 3 aliphatic heterocycles. The Balaban J connectivity index is 1.63. The second-order valence-electron chi connectivity index (χ2n) is 6.30. The van der Waals surface area contributed by atoms with E-state index in [1.54, 1.807) is 0 Å². The van der Waals surface area contributed by atoms with Gasteiger partial charge in [0.2, 0.25) is 0 Å². The first kappa shape index (κ1) is 15.2. The van der Waals surface area contributed by atoms with Gasteiger partial charge in [-0.25, -0.2) is 0 Å². The van der Waals surface area contributed by atoms with Crippen LogP contribution >= 0.6 is 0 Å². The lowest BCUT2D eigenvalue weighted by Crippen LogP contribution is -2.62. The van der Waals surface area contributed by atoms with Crippen LogP contribution in [0.2, 0.25) is 0 Å². The maximum absolute atomic E-state index is 12.8. The molecule has 3 aliphatic rings. The van der Waals surface area contributed by atoms with Crippen LogP contribution in [-0.4, -0.2) is 86.6 Å². The van der Waals surface area contributed by atoms with Gasteiger partial charge in [0.15, 0.2) is 5.60 Å². The van der Waals surface area contributed by atoms with Crippen LogP contribution in [0.4, 0.5) is 0 Å². The zero-order valence-corrected chi connectivity index (χ0v) is 12.9. The molecule has 1 unspecified atom stereocenters. The van der Waals surface area contributed by atoms with Crippen LogP contribution in [0.15, 0.2) is 0 Å². The Morgan fingerprint density at radius 3 is 2.38 bits per heavy atom. The normalized spacial score (nSPS) is 33.1. The van der Waals surface area contributed by atoms with Crippen molar-refractivity contribution in [3.63, 3.8) is 0 Å². The third-order valence-corrected chi connectivity index (χ3v) is 4.76. The molecule has 0 N–H and O–H groups in total. The molecule has 0 aromatic rings. The minimum Gasteiger partial charge on any atom is -0.381 e. The summed E-state index contributed by atoms with van der Waals surface area (Å²) < 4.78 is 16.7. The summed E-state index contributed by atoms with van der Waals surface area (Å²) in [5, 5.41) is 0. The molecular weight excluding hydrogens is 272 g/mol. The number of carbonyl (C=O) groups is 1. The molecule has 6 nitrogen and oxygen atoms in total. The minimum absolute atomic E-state index is 0.113. The molecule has 3 fully saturated rings. The first-order valence-electron chi connectivity index (χ1n) is 8.02. The van der Waals surface area contributed by atoms with Gasteiger partial charge in [0.05, 0.1) is 19.8 Å². The van der Waals surface area contributed by atoms with Crippen LogP contribution in [0, 0.1) is 0 Å². The molecule has 3 rings (SSSR count). The summed E-state index contributed by atoms with van der Waals surface area (Å²) in [4.78, 5) is 17.1. The maximum Gasteiger partial charge on any atom is 0.256 e. The number of ether oxygens (including phenoxy) is 3. The summed E-state index contributed by atoms with van der Waals surface area (Å²) in [5.74, 6) is 0.113. The molecule has 0 radical (unpaired) electrons. The van der Waals surface area contributed by atoms with Crippen molar-refractivity contribution in [2.45, 2.75) is 31.4 Å².